The zero-order valence-electron chi connectivity index (χ0n) is 12.9. The van der Waals surface area contributed by atoms with Crippen LogP contribution in [0.1, 0.15) is 17.4 Å². The lowest BCUT2D eigenvalue weighted by molar-refractivity contribution is -0.385. The molecule has 0 fully saturated rings. The van der Waals surface area contributed by atoms with Gasteiger partial charge in [-0.3, -0.25) is 24.9 Å². The van der Waals surface area contributed by atoms with Gasteiger partial charge < -0.3 is 4.57 Å². The van der Waals surface area contributed by atoms with E-state index in [0.717, 1.165) is 10.9 Å². The molecule has 0 unspecified atom stereocenters. The van der Waals surface area contributed by atoms with E-state index >= 15 is 0 Å². The molecule has 0 radical (unpaired) electrons. The van der Waals surface area contributed by atoms with Crippen LogP contribution in [0.25, 0.3) is 11.0 Å². The normalized spacial score (nSPS) is 11.0. The van der Waals surface area contributed by atoms with Crippen LogP contribution >= 0.6 is 0 Å². The van der Waals surface area contributed by atoms with Crippen molar-refractivity contribution in [1.29, 1.82) is 0 Å². The number of carbonyl (C=O) groups excluding carboxylic acids is 1. The fourth-order valence-corrected chi connectivity index (χ4v) is 2.50. The van der Waals surface area contributed by atoms with Crippen molar-refractivity contribution in [2.45, 2.75) is 13.5 Å². The van der Waals surface area contributed by atoms with Crippen molar-refractivity contribution >= 4 is 28.6 Å². The Morgan fingerprint density at radius 2 is 2.21 bits per heavy atom. The van der Waals surface area contributed by atoms with Crippen LogP contribution in [0.2, 0.25) is 0 Å². The molecule has 3 rings (SSSR count). The van der Waals surface area contributed by atoms with Crippen LogP contribution < -0.4 is 5.32 Å². The number of nitro groups is 1. The first-order valence-electron chi connectivity index (χ1n) is 7.06. The van der Waals surface area contributed by atoms with Crippen molar-refractivity contribution in [3.63, 3.8) is 0 Å². The average molecular weight is 332 g/mol. The Morgan fingerprint density at radius 3 is 2.88 bits per heavy atom. The van der Waals surface area contributed by atoms with Crippen molar-refractivity contribution in [2.75, 3.05) is 5.32 Å². The molecule has 0 spiro atoms. The Balaban J connectivity index is 2.02. The quantitative estimate of drug-likeness (QED) is 0.581. The molecule has 124 valence electrons. The molecule has 9 nitrogen and oxygen atoms in total. The third-order valence-electron chi connectivity index (χ3n) is 3.58. The van der Waals surface area contributed by atoms with Gasteiger partial charge in [-0.25, -0.2) is 9.37 Å². The predicted molar refractivity (Wildman–Crippen MR) is 83.2 cm³/mol. The maximum absolute atomic E-state index is 13.3. The summed E-state index contributed by atoms with van der Waals surface area (Å²) in [5.41, 5.74) is 0.432. The van der Waals surface area contributed by atoms with Gasteiger partial charge in [-0.2, -0.15) is 5.10 Å². The van der Waals surface area contributed by atoms with Crippen molar-refractivity contribution in [2.24, 2.45) is 7.05 Å². The minimum Gasteiger partial charge on any atom is -0.310 e. The van der Waals surface area contributed by atoms with Gasteiger partial charge in [0.1, 0.15) is 12.0 Å². The third kappa shape index (κ3) is 2.47. The summed E-state index contributed by atoms with van der Waals surface area (Å²) in [4.78, 5) is 26.9. The van der Waals surface area contributed by atoms with Gasteiger partial charge in [-0.05, 0) is 19.1 Å². The average Bonchev–Trinajstić information content (AvgIpc) is 3.06. The molecule has 0 aliphatic heterocycles. The van der Waals surface area contributed by atoms with Crippen LogP contribution in [0.3, 0.4) is 0 Å². The zero-order valence-corrected chi connectivity index (χ0v) is 12.9. The number of aromatic nitrogens is 4. The van der Waals surface area contributed by atoms with E-state index in [1.807, 2.05) is 6.92 Å². The number of aryl methyl sites for hydroxylation is 2. The van der Waals surface area contributed by atoms with Crippen LogP contribution in [0.5, 0.6) is 0 Å². The first-order valence-corrected chi connectivity index (χ1v) is 7.06. The van der Waals surface area contributed by atoms with Gasteiger partial charge in [-0.1, -0.05) is 0 Å². The Morgan fingerprint density at radius 1 is 1.46 bits per heavy atom. The van der Waals surface area contributed by atoms with Gasteiger partial charge in [0.05, 0.1) is 16.0 Å². The molecule has 10 heteroatoms. The summed E-state index contributed by atoms with van der Waals surface area (Å²) in [6, 6.07) is 4.11. The van der Waals surface area contributed by atoms with Crippen molar-refractivity contribution < 1.29 is 14.1 Å². The van der Waals surface area contributed by atoms with E-state index in [1.54, 1.807) is 10.6 Å². The highest BCUT2D eigenvalue weighted by atomic mass is 19.1. The lowest BCUT2D eigenvalue weighted by atomic mass is 10.3. The number of nitrogens with zero attached hydrogens (tertiary/aromatic N) is 5. The van der Waals surface area contributed by atoms with Crippen LogP contribution in [0, 0.1) is 15.9 Å². The lowest BCUT2D eigenvalue weighted by Gasteiger charge is -2.07. The second-order valence-electron chi connectivity index (χ2n) is 5.03. The monoisotopic (exact) mass is 332 g/mol. The number of nitrogens with one attached hydrogen (secondary N) is 1. The number of carbonyl (C=O) groups is 1. The Labute approximate surface area is 134 Å². The molecule has 0 atom stereocenters. The maximum atomic E-state index is 13.3. The highest BCUT2D eigenvalue weighted by Gasteiger charge is 2.26. The highest BCUT2D eigenvalue weighted by molar-refractivity contribution is 6.05. The summed E-state index contributed by atoms with van der Waals surface area (Å²) in [7, 11) is 1.43. The van der Waals surface area contributed by atoms with Crippen LogP contribution in [-0.4, -0.2) is 30.2 Å². The summed E-state index contributed by atoms with van der Waals surface area (Å²) in [5, 5.41) is 17.3. The molecular formula is C14H13FN6O3. The lowest BCUT2D eigenvalue weighted by Crippen LogP contribution is -2.20. The molecule has 3 aromatic rings. The first kappa shape index (κ1) is 15.6. The molecule has 0 bridgehead atoms. The SMILES string of the molecule is CCn1c(NC(=O)c2c([N+](=O)[O-])cnn2C)nc2cc(F)ccc21. The van der Waals surface area contributed by atoms with Crippen LogP contribution in [0.4, 0.5) is 16.0 Å². The molecule has 0 saturated carbocycles. The third-order valence-corrected chi connectivity index (χ3v) is 3.58. The van der Waals surface area contributed by atoms with Gasteiger partial charge >= 0.3 is 5.69 Å². The van der Waals surface area contributed by atoms with Gasteiger partial charge in [0.15, 0.2) is 0 Å². The largest absolute Gasteiger partial charge is 0.320 e. The Bertz CT molecular complexity index is 961. The summed E-state index contributed by atoms with van der Waals surface area (Å²) < 4.78 is 16.1. The van der Waals surface area contributed by atoms with Gasteiger partial charge in [-0.15, -0.1) is 0 Å². The van der Waals surface area contributed by atoms with E-state index in [2.05, 4.69) is 15.4 Å². The molecule has 0 aliphatic rings. The number of amides is 1. The Hall–Kier alpha value is -3.30. The van der Waals surface area contributed by atoms with Crippen LogP contribution in [-0.2, 0) is 13.6 Å². The molecule has 0 saturated heterocycles. The summed E-state index contributed by atoms with van der Waals surface area (Å²) in [6.45, 7) is 2.32. The number of hydrogen-bond donors (Lipinski definition) is 1. The number of imidazole rings is 1. The number of benzene rings is 1. The van der Waals surface area contributed by atoms with Crippen LogP contribution in [0.15, 0.2) is 24.4 Å². The standard InChI is InChI=1S/C14H13FN6O3/c1-3-20-10-5-4-8(15)6-9(10)17-14(20)18-13(22)12-11(21(23)24)7-16-19(12)2/h4-7H,3H2,1-2H3,(H,17,18,22). The topological polar surface area (TPSA) is 108 Å². The van der Waals surface area contributed by atoms with Gasteiger partial charge in [0, 0.05) is 19.7 Å². The molecule has 0 aliphatic carbocycles. The van der Waals surface area contributed by atoms with E-state index in [0.29, 0.717) is 17.6 Å². The molecule has 24 heavy (non-hydrogen) atoms. The molecule has 2 aromatic heterocycles. The van der Waals surface area contributed by atoms with E-state index in [-0.39, 0.29) is 11.6 Å². The van der Waals surface area contributed by atoms with Crippen molar-refractivity contribution in [1.82, 2.24) is 19.3 Å². The second kappa shape index (κ2) is 5.72. The maximum Gasteiger partial charge on any atom is 0.320 e. The molecule has 1 aromatic carbocycles. The Kier molecular flexibility index (Phi) is 3.72. The van der Waals surface area contributed by atoms with E-state index in [4.69, 9.17) is 0 Å². The smallest absolute Gasteiger partial charge is 0.310 e. The number of rotatable bonds is 4. The van der Waals surface area contributed by atoms with Crippen molar-refractivity contribution in [3.05, 3.63) is 46.0 Å². The fourth-order valence-electron chi connectivity index (χ4n) is 2.50. The van der Waals surface area contributed by atoms with E-state index < -0.39 is 22.3 Å². The molecule has 2 heterocycles. The number of fused-ring (bicyclic) bond motifs is 1. The zero-order chi connectivity index (χ0) is 17.4. The summed E-state index contributed by atoms with van der Waals surface area (Å²) >= 11 is 0. The molecule has 1 amide bonds. The summed E-state index contributed by atoms with van der Waals surface area (Å²) in [6.07, 6.45) is 1.01. The van der Waals surface area contributed by atoms with E-state index in [9.17, 15) is 19.3 Å². The van der Waals surface area contributed by atoms with Crippen molar-refractivity contribution in [3.8, 4) is 0 Å². The highest BCUT2D eigenvalue weighted by Crippen LogP contribution is 2.23. The number of anilines is 1. The predicted octanol–water partition coefficient (Wildman–Crippen LogP) is 2.09. The molecule has 1 N–H and O–H groups in total. The summed E-state index contributed by atoms with van der Waals surface area (Å²) in [5.74, 6) is -0.978. The first-order chi connectivity index (χ1) is 11.4. The second-order valence-corrected chi connectivity index (χ2v) is 5.03. The van der Waals surface area contributed by atoms with Gasteiger partial charge in [0.25, 0.3) is 5.91 Å². The molecular weight excluding hydrogens is 319 g/mol. The minimum absolute atomic E-state index is 0.179. The minimum atomic E-state index is -0.716. The van der Waals surface area contributed by atoms with E-state index in [1.165, 1.54) is 19.2 Å². The number of halogens is 1. The fraction of sp³-hybridized carbons (Fsp3) is 0.214. The van der Waals surface area contributed by atoms with Gasteiger partial charge in [0.2, 0.25) is 11.6 Å². The number of hydrogen-bond acceptors (Lipinski definition) is 5.